The molecule has 52 heavy (non-hydrogen) atoms. The Bertz CT molecular complexity index is 1100. The molecule has 14 N–H and O–H groups in total. The molecule has 1 rings (SSSR count). The maximum atomic E-state index is 13.0. The number of carboxylic acids is 2. The number of carbonyl (C=O) groups excluding carboxylic acids is 6. The average Bonchev–Trinajstić information content (AvgIpc) is 3.10. The second kappa shape index (κ2) is 27.9. The smallest absolute Gasteiger partial charge is 0.320 e. The lowest BCUT2D eigenvalue weighted by Crippen LogP contribution is -2.51. The maximum absolute atomic E-state index is 13.0. The highest BCUT2D eigenvalue weighted by Crippen LogP contribution is 2.23. The van der Waals surface area contributed by atoms with Gasteiger partial charge in [0.05, 0.1) is 13.1 Å². The molecule has 0 bridgehead atoms. The summed E-state index contributed by atoms with van der Waals surface area (Å²) in [6.07, 6.45) is 2.30. The van der Waals surface area contributed by atoms with Gasteiger partial charge in [-0.15, -0.1) is 0 Å². The van der Waals surface area contributed by atoms with Gasteiger partial charge in [-0.1, -0.05) is 21.6 Å². The molecule has 0 saturated carbocycles. The molecule has 20 nitrogen and oxygen atoms in total. The maximum Gasteiger partial charge on any atom is 0.320 e. The van der Waals surface area contributed by atoms with E-state index >= 15 is 0 Å². The molecule has 1 saturated heterocycles. The van der Waals surface area contributed by atoms with Crippen molar-refractivity contribution in [2.45, 2.75) is 75.5 Å². The molecule has 0 aliphatic carbocycles. The summed E-state index contributed by atoms with van der Waals surface area (Å²) in [5.74, 6) is -6.24. The van der Waals surface area contributed by atoms with Gasteiger partial charge in [0.2, 0.25) is 35.4 Å². The van der Waals surface area contributed by atoms with Gasteiger partial charge in [0, 0.05) is 37.4 Å². The fraction of sp³-hybridized carbons (Fsp3) is 0.733. The van der Waals surface area contributed by atoms with Gasteiger partial charge in [-0.05, 0) is 64.7 Å². The molecular formula is C30H54N10O10S2. The quantitative estimate of drug-likeness (QED) is 0.0939. The largest absolute Gasteiger partial charge is 0.480 e. The van der Waals surface area contributed by atoms with Crippen LogP contribution in [0.4, 0.5) is 0 Å². The van der Waals surface area contributed by atoms with Crippen molar-refractivity contribution in [1.82, 2.24) is 42.5 Å². The van der Waals surface area contributed by atoms with Crippen molar-refractivity contribution in [2.75, 3.05) is 63.9 Å². The zero-order valence-corrected chi connectivity index (χ0v) is 30.8. The van der Waals surface area contributed by atoms with E-state index in [1.165, 1.54) is 0 Å². The van der Waals surface area contributed by atoms with Crippen molar-refractivity contribution in [3.05, 3.63) is 0 Å². The molecule has 1 heterocycles. The summed E-state index contributed by atoms with van der Waals surface area (Å²) in [5.41, 5.74) is 11.0. The van der Waals surface area contributed by atoms with Crippen molar-refractivity contribution >= 4 is 69.0 Å². The molecule has 1 aliphatic heterocycles. The van der Waals surface area contributed by atoms with Crippen molar-refractivity contribution in [3.8, 4) is 0 Å². The number of carboxylic acid groups (broad SMARTS) is 2. The molecule has 0 spiro atoms. The molecule has 296 valence electrons. The second-order valence-corrected chi connectivity index (χ2v) is 14.4. The van der Waals surface area contributed by atoms with Crippen LogP contribution in [0.1, 0.15) is 51.4 Å². The lowest BCUT2D eigenvalue weighted by Gasteiger charge is -2.20. The van der Waals surface area contributed by atoms with Crippen molar-refractivity contribution in [3.63, 3.8) is 0 Å². The zero-order valence-electron chi connectivity index (χ0n) is 29.2. The lowest BCUT2D eigenvalue weighted by molar-refractivity contribution is -0.140. The first-order valence-corrected chi connectivity index (χ1v) is 19.6. The topological polar surface area (TPSA) is 325 Å². The molecule has 0 radical (unpaired) electrons. The number of aliphatic carboxylic acids is 2. The average molecular weight is 779 g/mol. The number of rotatable bonds is 10. The lowest BCUT2D eigenvalue weighted by atomic mass is 10.1. The van der Waals surface area contributed by atoms with E-state index in [0.29, 0.717) is 39.0 Å². The minimum absolute atomic E-state index is 0.0620. The standard InChI is InChI=1S/C30H54N10O10S2/c31-19(29(47)48)5-7-23(41)39-21-17-51-52-18-22(40-24(42)8-6-20(32)30(49)50)28(46)38-16-26(44)36-14-4-12-34-10-2-1-9-33-11-3-13-35-25(43)15-37-27(21)45/h19-22,33-34H,1-18,31-32H2,(H,35,43)(H,36,44)(H,37,45)(H,38,46)(H,39,41)(H,40,42)(H,47,48)(H,49,50)/t19-,20-,21-,22-/m0/s1. The number of hydrogen-bond acceptors (Lipinski definition) is 14. The Morgan fingerprint density at radius 3 is 1.35 bits per heavy atom. The Balaban J connectivity index is 2.98. The van der Waals surface area contributed by atoms with Gasteiger partial charge in [-0.3, -0.25) is 38.4 Å². The number of hydrogen-bond donors (Lipinski definition) is 12. The van der Waals surface area contributed by atoms with Crippen LogP contribution in [0.15, 0.2) is 0 Å². The highest BCUT2D eigenvalue weighted by atomic mass is 33.1. The van der Waals surface area contributed by atoms with Gasteiger partial charge in [-0.25, -0.2) is 0 Å². The van der Waals surface area contributed by atoms with Crippen LogP contribution in [0, 0.1) is 0 Å². The Kier molecular flexibility index (Phi) is 24.8. The van der Waals surface area contributed by atoms with Crippen molar-refractivity contribution < 1.29 is 48.6 Å². The summed E-state index contributed by atoms with van der Waals surface area (Å²) in [6, 6.07) is -4.91. The van der Waals surface area contributed by atoms with E-state index in [-0.39, 0.29) is 50.3 Å². The molecular weight excluding hydrogens is 725 g/mol. The molecule has 0 aromatic heterocycles. The first-order valence-electron chi connectivity index (χ1n) is 17.1. The van der Waals surface area contributed by atoms with E-state index in [1.54, 1.807) is 0 Å². The Morgan fingerprint density at radius 2 is 0.981 bits per heavy atom. The summed E-state index contributed by atoms with van der Waals surface area (Å²) in [6.45, 7) is 3.05. The van der Waals surface area contributed by atoms with Crippen molar-refractivity contribution in [1.29, 1.82) is 0 Å². The first-order chi connectivity index (χ1) is 24.8. The molecule has 0 aromatic rings. The van der Waals surface area contributed by atoms with E-state index < -0.39 is 71.5 Å². The summed E-state index contributed by atoms with van der Waals surface area (Å²) >= 11 is 0. The van der Waals surface area contributed by atoms with Gasteiger partial charge < -0.3 is 64.2 Å². The van der Waals surface area contributed by atoms with Crippen molar-refractivity contribution in [2.24, 2.45) is 11.5 Å². The van der Waals surface area contributed by atoms with E-state index in [9.17, 15) is 38.4 Å². The normalized spacial score (nSPS) is 21.7. The SMILES string of the molecule is N[C@@H](CCC(=O)N[C@H]1CSSC[C@H](NC(=O)CC[C@H](N)C(=O)O)C(=O)NCC(=O)NCCCNCCCCNCCCNC(=O)CNC1=O)C(=O)O. The second-order valence-electron chi connectivity index (χ2n) is 11.8. The van der Waals surface area contributed by atoms with E-state index in [4.69, 9.17) is 21.7 Å². The minimum Gasteiger partial charge on any atom is -0.480 e. The van der Waals surface area contributed by atoms with Crippen LogP contribution in [0.2, 0.25) is 0 Å². The van der Waals surface area contributed by atoms with Crippen LogP contribution >= 0.6 is 21.6 Å². The van der Waals surface area contributed by atoms with Crippen LogP contribution in [0.3, 0.4) is 0 Å². The minimum atomic E-state index is -1.29. The summed E-state index contributed by atoms with van der Waals surface area (Å²) in [4.78, 5) is 98.0. The van der Waals surface area contributed by atoms with Gasteiger partial charge in [0.15, 0.2) is 0 Å². The third-order valence-corrected chi connectivity index (χ3v) is 9.79. The van der Waals surface area contributed by atoms with Gasteiger partial charge >= 0.3 is 11.9 Å². The van der Waals surface area contributed by atoms with Crippen LogP contribution in [-0.4, -0.2) is 146 Å². The Hall–Kier alpha value is -3.70. The predicted octanol–water partition coefficient (Wildman–Crippen LogP) is -4.06. The molecule has 0 unspecified atom stereocenters. The fourth-order valence-corrected chi connectivity index (χ4v) is 6.62. The monoisotopic (exact) mass is 778 g/mol. The van der Waals surface area contributed by atoms with Gasteiger partial charge in [0.25, 0.3) is 0 Å². The molecule has 22 heteroatoms. The fourth-order valence-electron chi connectivity index (χ4n) is 4.29. The van der Waals surface area contributed by atoms with Crippen LogP contribution in [0.5, 0.6) is 0 Å². The van der Waals surface area contributed by atoms with Crippen LogP contribution < -0.4 is 54.0 Å². The number of carbonyl (C=O) groups is 8. The van der Waals surface area contributed by atoms with E-state index in [1.807, 2.05) is 0 Å². The van der Waals surface area contributed by atoms with Crippen LogP contribution in [-0.2, 0) is 38.4 Å². The van der Waals surface area contributed by atoms with Gasteiger partial charge in [0.1, 0.15) is 24.2 Å². The Morgan fingerprint density at radius 1 is 0.615 bits per heavy atom. The molecule has 4 atom stereocenters. The van der Waals surface area contributed by atoms with Gasteiger partial charge in [-0.2, -0.15) is 0 Å². The Labute approximate surface area is 310 Å². The van der Waals surface area contributed by atoms with Crippen LogP contribution in [0.25, 0.3) is 0 Å². The number of amides is 6. The molecule has 1 aliphatic rings. The number of nitrogens with one attached hydrogen (secondary N) is 8. The van der Waals surface area contributed by atoms with E-state index in [2.05, 4.69) is 42.5 Å². The molecule has 1 fully saturated rings. The molecule has 0 aromatic carbocycles. The first kappa shape index (κ1) is 46.3. The zero-order chi connectivity index (χ0) is 38.7. The highest BCUT2D eigenvalue weighted by Gasteiger charge is 2.25. The predicted molar refractivity (Wildman–Crippen MR) is 195 cm³/mol. The summed E-state index contributed by atoms with van der Waals surface area (Å²) < 4.78 is 0. The summed E-state index contributed by atoms with van der Waals surface area (Å²) in [7, 11) is 2.12. The third kappa shape index (κ3) is 23.0. The molecule has 6 amide bonds. The third-order valence-electron chi connectivity index (χ3n) is 7.36. The summed E-state index contributed by atoms with van der Waals surface area (Å²) in [5, 5.41) is 40.0. The van der Waals surface area contributed by atoms with E-state index in [0.717, 1.165) is 47.5 Å². The number of nitrogens with two attached hydrogens (primary N) is 2. The highest BCUT2D eigenvalue weighted by molar-refractivity contribution is 8.76.